The van der Waals surface area contributed by atoms with Crippen molar-refractivity contribution in [2.24, 2.45) is 11.3 Å². The number of nitrogens with zero attached hydrogens (tertiary/aromatic N) is 1. The van der Waals surface area contributed by atoms with Crippen LogP contribution in [0.4, 0.5) is 0 Å². The van der Waals surface area contributed by atoms with Crippen molar-refractivity contribution in [3.05, 3.63) is 0 Å². The van der Waals surface area contributed by atoms with Crippen LogP contribution in [0, 0.1) is 11.3 Å². The Kier molecular flexibility index (Phi) is 5.23. The Morgan fingerprint density at radius 3 is 2.86 bits per heavy atom. The maximum absolute atomic E-state index is 5.85. The van der Waals surface area contributed by atoms with Crippen LogP contribution in [-0.4, -0.2) is 49.8 Å². The van der Waals surface area contributed by atoms with E-state index in [1.54, 1.807) is 0 Å². The molecular weight excluding hydrogens is 260 g/mol. The van der Waals surface area contributed by atoms with Crippen LogP contribution in [-0.2, 0) is 4.74 Å². The molecule has 0 aromatic rings. The highest BCUT2D eigenvalue weighted by Crippen LogP contribution is 2.40. The van der Waals surface area contributed by atoms with E-state index in [9.17, 15) is 0 Å². The zero-order valence-electron chi connectivity index (χ0n) is 14.1. The Morgan fingerprint density at radius 1 is 1.29 bits per heavy atom. The van der Waals surface area contributed by atoms with E-state index in [-0.39, 0.29) is 0 Å². The standard InChI is InChI=1S/C18H34N2O/c1-3-17-12-20(9-10-21-17)14-18(13-19-16-6-7-16)8-4-5-15(2)11-18/h15-17,19H,3-14H2,1-2H3. The predicted molar refractivity (Wildman–Crippen MR) is 87.6 cm³/mol. The molecule has 3 unspecified atom stereocenters. The first-order valence-corrected chi connectivity index (χ1v) is 9.26. The minimum absolute atomic E-state index is 0.466. The van der Waals surface area contributed by atoms with Crippen LogP contribution in [0.15, 0.2) is 0 Å². The molecule has 1 N–H and O–H groups in total. The molecule has 1 saturated heterocycles. The topological polar surface area (TPSA) is 24.5 Å². The van der Waals surface area contributed by atoms with E-state index in [4.69, 9.17) is 4.74 Å². The summed E-state index contributed by atoms with van der Waals surface area (Å²) >= 11 is 0. The fraction of sp³-hybridized carbons (Fsp3) is 1.00. The van der Waals surface area contributed by atoms with Gasteiger partial charge in [-0.2, -0.15) is 0 Å². The van der Waals surface area contributed by atoms with Crippen LogP contribution in [0.5, 0.6) is 0 Å². The summed E-state index contributed by atoms with van der Waals surface area (Å²) in [6.07, 6.45) is 10.1. The number of rotatable bonds is 6. The van der Waals surface area contributed by atoms with E-state index in [1.165, 1.54) is 51.6 Å². The van der Waals surface area contributed by atoms with Crippen LogP contribution >= 0.6 is 0 Å². The summed E-state index contributed by atoms with van der Waals surface area (Å²) in [7, 11) is 0. The minimum Gasteiger partial charge on any atom is -0.376 e. The number of ether oxygens (including phenoxy) is 1. The summed E-state index contributed by atoms with van der Waals surface area (Å²) < 4.78 is 5.85. The molecule has 3 fully saturated rings. The van der Waals surface area contributed by atoms with E-state index >= 15 is 0 Å². The Balaban J connectivity index is 1.60. The van der Waals surface area contributed by atoms with Crippen molar-refractivity contribution in [1.82, 2.24) is 10.2 Å². The molecule has 1 aliphatic heterocycles. The predicted octanol–water partition coefficient (Wildman–Crippen LogP) is 3.05. The molecule has 0 spiro atoms. The number of nitrogens with one attached hydrogen (secondary N) is 1. The lowest BCUT2D eigenvalue weighted by Gasteiger charge is -2.45. The summed E-state index contributed by atoms with van der Waals surface area (Å²) in [5.74, 6) is 0.905. The Morgan fingerprint density at radius 2 is 2.14 bits per heavy atom. The fourth-order valence-electron chi connectivity index (χ4n) is 4.42. The van der Waals surface area contributed by atoms with Gasteiger partial charge in [-0.1, -0.05) is 26.7 Å². The number of morpholine rings is 1. The average Bonchev–Trinajstić information content (AvgIpc) is 3.30. The molecule has 3 nitrogen and oxygen atoms in total. The van der Waals surface area contributed by atoms with E-state index in [1.807, 2.05) is 0 Å². The normalized spacial score (nSPS) is 38.6. The van der Waals surface area contributed by atoms with Gasteiger partial charge in [-0.05, 0) is 43.4 Å². The lowest BCUT2D eigenvalue weighted by atomic mass is 9.69. The molecule has 1 heterocycles. The monoisotopic (exact) mass is 294 g/mol. The van der Waals surface area contributed by atoms with E-state index in [0.29, 0.717) is 11.5 Å². The van der Waals surface area contributed by atoms with E-state index in [0.717, 1.165) is 38.1 Å². The smallest absolute Gasteiger partial charge is 0.0700 e. The molecule has 3 rings (SSSR count). The highest BCUT2D eigenvalue weighted by Gasteiger charge is 2.38. The Bertz CT molecular complexity index is 331. The van der Waals surface area contributed by atoms with Crippen LogP contribution in [0.2, 0.25) is 0 Å². The van der Waals surface area contributed by atoms with Gasteiger partial charge in [0.2, 0.25) is 0 Å². The van der Waals surface area contributed by atoms with Gasteiger partial charge in [0, 0.05) is 32.2 Å². The second kappa shape index (κ2) is 6.97. The van der Waals surface area contributed by atoms with Gasteiger partial charge in [-0.15, -0.1) is 0 Å². The Labute approximate surface area is 130 Å². The molecule has 0 radical (unpaired) electrons. The maximum Gasteiger partial charge on any atom is 0.0700 e. The van der Waals surface area contributed by atoms with Gasteiger partial charge in [0.25, 0.3) is 0 Å². The molecule has 0 aromatic heterocycles. The quantitative estimate of drug-likeness (QED) is 0.815. The van der Waals surface area contributed by atoms with E-state index in [2.05, 4.69) is 24.1 Å². The van der Waals surface area contributed by atoms with Gasteiger partial charge in [0.1, 0.15) is 0 Å². The van der Waals surface area contributed by atoms with Crippen LogP contribution in [0.1, 0.15) is 58.8 Å². The van der Waals surface area contributed by atoms with Crippen molar-refractivity contribution in [2.45, 2.75) is 70.9 Å². The zero-order chi connectivity index (χ0) is 14.7. The van der Waals surface area contributed by atoms with Gasteiger partial charge in [0.05, 0.1) is 12.7 Å². The lowest BCUT2D eigenvalue weighted by molar-refractivity contribution is -0.0487. The Hall–Kier alpha value is -0.120. The van der Waals surface area contributed by atoms with Gasteiger partial charge in [-0.25, -0.2) is 0 Å². The zero-order valence-corrected chi connectivity index (χ0v) is 14.1. The third-order valence-electron chi connectivity index (χ3n) is 5.77. The molecule has 0 aromatic carbocycles. The van der Waals surface area contributed by atoms with Crippen molar-refractivity contribution in [3.63, 3.8) is 0 Å². The SMILES string of the molecule is CCC1CN(CC2(CNC3CC3)CCCC(C)C2)CCO1. The third-order valence-corrected chi connectivity index (χ3v) is 5.77. The summed E-state index contributed by atoms with van der Waals surface area (Å²) in [5, 5.41) is 3.84. The van der Waals surface area contributed by atoms with Crippen molar-refractivity contribution in [3.8, 4) is 0 Å². The number of hydrogen-bond donors (Lipinski definition) is 1. The summed E-state index contributed by atoms with van der Waals surface area (Å²) in [6.45, 7) is 10.5. The largest absolute Gasteiger partial charge is 0.376 e. The molecule has 21 heavy (non-hydrogen) atoms. The second-order valence-corrected chi connectivity index (χ2v) is 7.99. The number of hydrogen-bond acceptors (Lipinski definition) is 3. The second-order valence-electron chi connectivity index (χ2n) is 7.99. The average molecular weight is 294 g/mol. The summed E-state index contributed by atoms with van der Waals surface area (Å²) in [5.41, 5.74) is 0.524. The molecule has 2 aliphatic carbocycles. The van der Waals surface area contributed by atoms with Gasteiger partial charge >= 0.3 is 0 Å². The van der Waals surface area contributed by atoms with E-state index < -0.39 is 0 Å². The molecule has 0 bridgehead atoms. The highest BCUT2D eigenvalue weighted by atomic mass is 16.5. The molecule has 3 aliphatic rings. The van der Waals surface area contributed by atoms with Gasteiger partial charge in [0.15, 0.2) is 0 Å². The fourth-order valence-corrected chi connectivity index (χ4v) is 4.42. The van der Waals surface area contributed by atoms with Crippen LogP contribution in [0.3, 0.4) is 0 Å². The third kappa shape index (κ3) is 4.43. The molecule has 122 valence electrons. The van der Waals surface area contributed by atoms with Crippen molar-refractivity contribution in [1.29, 1.82) is 0 Å². The van der Waals surface area contributed by atoms with Crippen LogP contribution < -0.4 is 5.32 Å². The van der Waals surface area contributed by atoms with Crippen molar-refractivity contribution >= 4 is 0 Å². The van der Waals surface area contributed by atoms with Crippen LogP contribution in [0.25, 0.3) is 0 Å². The van der Waals surface area contributed by atoms with Crippen molar-refractivity contribution in [2.75, 3.05) is 32.8 Å². The molecule has 3 atom stereocenters. The summed E-state index contributed by atoms with van der Waals surface area (Å²) in [4.78, 5) is 2.70. The first kappa shape index (κ1) is 15.8. The first-order valence-electron chi connectivity index (χ1n) is 9.26. The minimum atomic E-state index is 0.466. The van der Waals surface area contributed by atoms with Gasteiger partial charge in [-0.3, -0.25) is 4.90 Å². The van der Waals surface area contributed by atoms with Crippen molar-refractivity contribution < 1.29 is 4.74 Å². The molecule has 3 heteroatoms. The molecular formula is C18H34N2O. The van der Waals surface area contributed by atoms with Gasteiger partial charge < -0.3 is 10.1 Å². The highest BCUT2D eigenvalue weighted by molar-refractivity contribution is 4.93. The lowest BCUT2D eigenvalue weighted by Crippen LogP contribution is -2.51. The molecule has 2 saturated carbocycles. The first-order chi connectivity index (χ1) is 10.2. The maximum atomic E-state index is 5.85. The molecule has 0 amide bonds. The summed E-state index contributed by atoms with van der Waals surface area (Å²) in [6, 6.07) is 0.840.